The molecule has 0 aromatic heterocycles. The van der Waals surface area contributed by atoms with Gasteiger partial charge in [0.05, 0.1) is 6.61 Å². The Labute approximate surface area is 134 Å². The van der Waals surface area contributed by atoms with Gasteiger partial charge in [0.2, 0.25) is 0 Å². The molecule has 22 heavy (non-hydrogen) atoms. The number of hydrogen-bond acceptors (Lipinski definition) is 3. The van der Waals surface area contributed by atoms with Crippen molar-refractivity contribution in [3.63, 3.8) is 0 Å². The van der Waals surface area contributed by atoms with Crippen molar-refractivity contribution in [1.29, 1.82) is 0 Å². The fourth-order valence-corrected chi connectivity index (χ4v) is 1.79. The van der Waals surface area contributed by atoms with Crippen LogP contribution in [0.5, 0.6) is 0 Å². The highest BCUT2D eigenvalue weighted by molar-refractivity contribution is 5.93. The van der Waals surface area contributed by atoms with E-state index in [-0.39, 0.29) is 5.78 Å². The number of Topliss-reactive ketones (excluding diaryl/α,β-unsaturated/α-hetero) is 1. The Morgan fingerprint density at radius 1 is 1.14 bits per heavy atom. The smallest absolute Gasteiger partial charge is 0.293 e. The van der Waals surface area contributed by atoms with E-state index >= 15 is 0 Å². The van der Waals surface area contributed by atoms with Crippen LogP contribution in [-0.2, 0) is 9.53 Å². The lowest BCUT2D eigenvalue weighted by Crippen LogP contribution is -2.00. The fourth-order valence-electron chi connectivity index (χ4n) is 1.79. The molecule has 0 radical (unpaired) electrons. The molecule has 1 aromatic carbocycles. The molecule has 0 saturated carbocycles. The number of rotatable bonds is 8. The summed E-state index contributed by atoms with van der Waals surface area (Å²) in [4.78, 5) is 20.5. The molecule has 1 rings (SSSR count). The van der Waals surface area contributed by atoms with Crippen LogP contribution in [0.2, 0.25) is 0 Å². The average molecular weight is 304 g/mol. The van der Waals surface area contributed by atoms with Gasteiger partial charge in [-0.3, -0.25) is 9.59 Å². The molecule has 0 saturated heterocycles. The lowest BCUT2D eigenvalue weighted by atomic mass is 10.0. The van der Waals surface area contributed by atoms with Gasteiger partial charge < -0.3 is 4.74 Å². The minimum Gasteiger partial charge on any atom is -0.468 e. The summed E-state index contributed by atoms with van der Waals surface area (Å²) in [6, 6.07) is 9.23. The Balaban J connectivity index is 0.000000425. The van der Waals surface area contributed by atoms with Crippen LogP contribution in [0.15, 0.2) is 42.0 Å². The van der Waals surface area contributed by atoms with Gasteiger partial charge in [-0.1, -0.05) is 48.9 Å². The van der Waals surface area contributed by atoms with Crippen molar-refractivity contribution in [2.75, 3.05) is 6.61 Å². The monoisotopic (exact) mass is 304 g/mol. The van der Waals surface area contributed by atoms with E-state index in [0.717, 1.165) is 18.4 Å². The zero-order chi connectivity index (χ0) is 16.8. The van der Waals surface area contributed by atoms with Gasteiger partial charge in [0.25, 0.3) is 6.47 Å². The molecular formula is C19H28O3. The third-order valence-electron chi connectivity index (χ3n) is 3.19. The SMILES string of the molecule is CC(=O)c1ccccc1.CC(C)=CCCC(C)CCOC=O. The van der Waals surface area contributed by atoms with Crippen LogP contribution in [0.25, 0.3) is 0 Å². The van der Waals surface area contributed by atoms with Crippen LogP contribution in [-0.4, -0.2) is 18.9 Å². The first kappa shape index (κ1) is 20.1. The molecule has 0 heterocycles. The second kappa shape index (κ2) is 12.8. The van der Waals surface area contributed by atoms with Gasteiger partial charge in [0.15, 0.2) is 5.78 Å². The largest absolute Gasteiger partial charge is 0.468 e. The maximum atomic E-state index is 10.6. The Morgan fingerprint density at radius 2 is 1.77 bits per heavy atom. The Bertz CT molecular complexity index is 445. The van der Waals surface area contributed by atoms with Crippen LogP contribution < -0.4 is 0 Å². The Hall–Kier alpha value is -1.90. The summed E-state index contributed by atoms with van der Waals surface area (Å²) in [5, 5.41) is 0. The highest BCUT2D eigenvalue weighted by Crippen LogP contribution is 2.11. The van der Waals surface area contributed by atoms with E-state index in [2.05, 4.69) is 31.6 Å². The van der Waals surface area contributed by atoms with Crippen molar-refractivity contribution in [3.8, 4) is 0 Å². The van der Waals surface area contributed by atoms with Crippen LogP contribution in [0, 0.1) is 5.92 Å². The summed E-state index contributed by atoms with van der Waals surface area (Å²) < 4.78 is 4.64. The molecule has 0 spiro atoms. The third kappa shape index (κ3) is 11.9. The van der Waals surface area contributed by atoms with Gasteiger partial charge in [-0.2, -0.15) is 0 Å². The number of carbonyl (C=O) groups is 2. The van der Waals surface area contributed by atoms with Gasteiger partial charge >= 0.3 is 0 Å². The molecule has 1 atom stereocenters. The molecule has 1 unspecified atom stereocenters. The van der Waals surface area contributed by atoms with E-state index in [0.29, 0.717) is 19.0 Å². The summed E-state index contributed by atoms with van der Waals surface area (Å²) in [7, 11) is 0. The second-order valence-corrected chi connectivity index (χ2v) is 5.64. The average Bonchev–Trinajstić information content (AvgIpc) is 2.48. The number of ketones is 1. The summed E-state index contributed by atoms with van der Waals surface area (Å²) >= 11 is 0. The van der Waals surface area contributed by atoms with Crippen molar-refractivity contribution in [2.24, 2.45) is 5.92 Å². The van der Waals surface area contributed by atoms with Gasteiger partial charge in [-0.15, -0.1) is 0 Å². The van der Waals surface area contributed by atoms with Crippen molar-refractivity contribution in [1.82, 2.24) is 0 Å². The normalized spacial score (nSPS) is 10.7. The number of hydrogen-bond donors (Lipinski definition) is 0. The van der Waals surface area contributed by atoms with Crippen LogP contribution >= 0.6 is 0 Å². The number of benzene rings is 1. The first-order chi connectivity index (χ1) is 10.5. The van der Waals surface area contributed by atoms with E-state index in [1.54, 1.807) is 6.92 Å². The number of carbonyl (C=O) groups excluding carboxylic acids is 2. The van der Waals surface area contributed by atoms with Gasteiger partial charge in [-0.05, 0) is 46.0 Å². The molecule has 0 aliphatic heterocycles. The first-order valence-corrected chi connectivity index (χ1v) is 7.72. The first-order valence-electron chi connectivity index (χ1n) is 7.72. The Morgan fingerprint density at radius 3 is 2.23 bits per heavy atom. The number of ether oxygens (including phenoxy) is 1. The van der Waals surface area contributed by atoms with Crippen LogP contribution in [0.4, 0.5) is 0 Å². The fraction of sp³-hybridized carbons (Fsp3) is 0.474. The zero-order valence-electron chi connectivity index (χ0n) is 14.2. The lowest BCUT2D eigenvalue weighted by molar-refractivity contribution is -0.129. The predicted octanol–water partition coefficient (Wildman–Crippen LogP) is 4.82. The van der Waals surface area contributed by atoms with Crippen LogP contribution in [0.3, 0.4) is 0 Å². The summed E-state index contributed by atoms with van der Waals surface area (Å²) in [5.41, 5.74) is 2.15. The van der Waals surface area contributed by atoms with Gasteiger partial charge in [0, 0.05) is 5.56 Å². The van der Waals surface area contributed by atoms with Crippen molar-refractivity contribution in [2.45, 2.75) is 47.0 Å². The third-order valence-corrected chi connectivity index (χ3v) is 3.19. The highest BCUT2D eigenvalue weighted by atomic mass is 16.5. The van der Waals surface area contributed by atoms with Crippen molar-refractivity contribution < 1.29 is 14.3 Å². The molecule has 0 aliphatic rings. The maximum absolute atomic E-state index is 10.6. The maximum Gasteiger partial charge on any atom is 0.293 e. The molecule has 0 bridgehead atoms. The molecule has 1 aromatic rings. The second-order valence-electron chi connectivity index (χ2n) is 5.64. The summed E-state index contributed by atoms with van der Waals surface area (Å²) in [6.07, 6.45) is 5.52. The molecule has 0 N–H and O–H groups in total. The number of allylic oxidation sites excluding steroid dienone is 2. The lowest BCUT2D eigenvalue weighted by Gasteiger charge is -2.08. The highest BCUT2D eigenvalue weighted by Gasteiger charge is 2.00. The molecule has 122 valence electrons. The molecule has 3 heteroatoms. The van der Waals surface area contributed by atoms with E-state index in [9.17, 15) is 9.59 Å². The zero-order valence-corrected chi connectivity index (χ0v) is 14.2. The minimum atomic E-state index is 0.121. The quantitative estimate of drug-likeness (QED) is 0.299. The van der Waals surface area contributed by atoms with Crippen LogP contribution in [0.1, 0.15) is 57.3 Å². The molecular weight excluding hydrogens is 276 g/mol. The van der Waals surface area contributed by atoms with Gasteiger partial charge in [-0.25, -0.2) is 0 Å². The molecule has 0 fully saturated rings. The standard InChI is InChI=1S/C11H20O2.C8H8O/c1-10(2)5-4-6-11(3)7-8-13-9-12;1-7(9)8-5-3-2-4-6-8/h5,9,11H,4,6-8H2,1-3H3;2-6H,1H3. The molecule has 0 amide bonds. The van der Waals surface area contributed by atoms with Crippen molar-refractivity contribution in [3.05, 3.63) is 47.5 Å². The van der Waals surface area contributed by atoms with Gasteiger partial charge in [0.1, 0.15) is 0 Å². The minimum absolute atomic E-state index is 0.121. The Kier molecular flexibility index (Phi) is 11.7. The van der Waals surface area contributed by atoms with E-state index in [1.807, 2.05) is 30.3 Å². The topological polar surface area (TPSA) is 43.4 Å². The summed E-state index contributed by atoms with van der Waals surface area (Å²) in [6.45, 7) is 9.05. The van der Waals surface area contributed by atoms with Crippen molar-refractivity contribution >= 4 is 12.3 Å². The van der Waals surface area contributed by atoms with E-state index in [1.165, 1.54) is 12.0 Å². The molecule has 0 aliphatic carbocycles. The van der Waals surface area contributed by atoms with E-state index < -0.39 is 0 Å². The predicted molar refractivity (Wildman–Crippen MR) is 90.9 cm³/mol. The summed E-state index contributed by atoms with van der Waals surface area (Å²) in [5.74, 6) is 0.756. The van der Waals surface area contributed by atoms with E-state index in [4.69, 9.17) is 0 Å². The molecule has 3 nitrogen and oxygen atoms in total.